The average Bonchev–Trinajstić information content (AvgIpc) is 2.45. The zero-order valence-electron chi connectivity index (χ0n) is 12.1. The van der Waals surface area contributed by atoms with Gasteiger partial charge in [0.2, 0.25) is 5.91 Å². The van der Waals surface area contributed by atoms with Crippen molar-refractivity contribution in [3.63, 3.8) is 0 Å². The summed E-state index contributed by atoms with van der Waals surface area (Å²) in [4.78, 5) is 24.0. The lowest BCUT2D eigenvalue weighted by Gasteiger charge is -2.34. The fraction of sp³-hybridized carbons (Fsp3) is 0.467. The third-order valence-corrected chi connectivity index (χ3v) is 4.88. The van der Waals surface area contributed by atoms with E-state index >= 15 is 0 Å². The number of carbonyl (C=O) groups excluding carboxylic acids is 2. The van der Waals surface area contributed by atoms with Gasteiger partial charge in [-0.05, 0) is 37.6 Å². The molecule has 0 bridgehead atoms. The van der Waals surface area contributed by atoms with Crippen molar-refractivity contribution in [2.24, 2.45) is 5.92 Å². The molecule has 114 valence electrons. The van der Waals surface area contributed by atoms with Crippen molar-refractivity contribution in [3.05, 3.63) is 34.9 Å². The molecule has 1 fully saturated rings. The molecule has 2 N–H and O–H groups in total. The zero-order valence-corrected chi connectivity index (χ0v) is 13.6. The van der Waals surface area contributed by atoms with Crippen LogP contribution < -0.4 is 10.6 Å². The largest absolute Gasteiger partial charge is 0.331 e. The lowest BCUT2D eigenvalue weighted by Crippen LogP contribution is -2.59. The molecular weight excluding hydrogens is 308 g/mol. The number of thioether (sulfide) groups is 1. The Kier molecular flexibility index (Phi) is 5.67. The fourth-order valence-electron chi connectivity index (χ4n) is 2.37. The number of hydrogen-bond donors (Lipinski definition) is 2. The molecule has 1 aromatic rings. The molecule has 21 heavy (non-hydrogen) atoms. The third-order valence-electron chi connectivity index (χ3n) is 3.62. The van der Waals surface area contributed by atoms with Crippen molar-refractivity contribution in [2.45, 2.75) is 31.8 Å². The molecular formula is C15H19ClN2O2S. The Morgan fingerprint density at radius 1 is 1.33 bits per heavy atom. The van der Waals surface area contributed by atoms with Crippen molar-refractivity contribution in [1.82, 2.24) is 10.6 Å². The van der Waals surface area contributed by atoms with Crippen molar-refractivity contribution in [2.75, 3.05) is 5.75 Å². The number of benzene rings is 1. The van der Waals surface area contributed by atoms with E-state index in [0.29, 0.717) is 16.3 Å². The molecule has 0 aliphatic carbocycles. The predicted molar refractivity (Wildman–Crippen MR) is 86.5 cm³/mol. The molecule has 3 atom stereocenters. The second-order valence-electron chi connectivity index (χ2n) is 5.10. The van der Waals surface area contributed by atoms with E-state index in [4.69, 9.17) is 11.6 Å². The minimum absolute atomic E-state index is 0.00573. The number of amides is 1. The third kappa shape index (κ3) is 4.22. The fourth-order valence-corrected chi connectivity index (χ4v) is 3.49. The van der Waals surface area contributed by atoms with Crippen LogP contribution in [0.3, 0.4) is 0 Å². The molecule has 3 unspecified atom stereocenters. The van der Waals surface area contributed by atoms with Gasteiger partial charge in [0.05, 0.1) is 11.7 Å². The van der Waals surface area contributed by atoms with Gasteiger partial charge in [-0.1, -0.05) is 18.5 Å². The Bertz CT molecular complexity index is 521. The second kappa shape index (κ2) is 7.29. The van der Waals surface area contributed by atoms with Gasteiger partial charge in [0, 0.05) is 16.6 Å². The molecule has 1 amide bonds. The highest BCUT2D eigenvalue weighted by atomic mass is 35.5. The number of Topliss-reactive ketones (excluding diaryl/α,β-unsaturated/α-hetero) is 1. The highest BCUT2D eigenvalue weighted by molar-refractivity contribution is 8.00. The van der Waals surface area contributed by atoms with Gasteiger partial charge in [-0.15, -0.1) is 11.8 Å². The summed E-state index contributed by atoms with van der Waals surface area (Å²) in [6.45, 7) is 4.00. The first-order valence-electron chi connectivity index (χ1n) is 6.98. The van der Waals surface area contributed by atoms with Crippen LogP contribution in [0.5, 0.6) is 0 Å². The molecule has 0 saturated carbocycles. The topological polar surface area (TPSA) is 58.2 Å². The van der Waals surface area contributed by atoms with Crippen molar-refractivity contribution in [3.8, 4) is 0 Å². The van der Waals surface area contributed by atoms with E-state index in [0.717, 1.165) is 6.42 Å². The molecule has 1 aliphatic heterocycles. The number of carbonyl (C=O) groups is 2. The van der Waals surface area contributed by atoms with E-state index in [1.54, 1.807) is 24.3 Å². The first kappa shape index (κ1) is 16.3. The smallest absolute Gasteiger partial charge is 0.226 e. The monoisotopic (exact) mass is 326 g/mol. The maximum Gasteiger partial charge on any atom is 0.226 e. The van der Waals surface area contributed by atoms with Gasteiger partial charge in [-0.25, -0.2) is 0 Å². The maximum absolute atomic E-state index is 12.1. The van der Waals surface area contributed by atoms with Gasteiger partial charge in [0.15, 0.2) is 5.78 Å². The van der Waals surface area contributed by atoms with E-state index in [9.17, 15) is 9.59 Å². The van der Waals surface area contributed by atoms with Crippen molar-refractivity contribution in [1.29, 1.82) is 0 Å². The van der Waals surface area contributed by atoms with Gasteiger partial charge in [-0.3, -0.25) is 14.9 Å². The van der Waals surface area contributed by atoms with E-state index < -0.39 is 0 Å². The van der Waals surface area contributed by atoms with Crippen LogP contribution >= 0.6 is 23.4 Å². The number of hydrogen-bond acceptors (Lipinski definition) is 4. The number of ketones is 1. The Balaban J connectivity index is 1.87. The van der Waals surface area contributed by atoms with Gasteiger partial charge >= 0.3 is 0 Å². The lowest BCUT2D eigenvalue weighted by atomic mass is 9.96. The summed E-state index contributed by atoms with van der Waals surface area (Å²) in [6.07, 6.45) is 0.807. The first-order chi connectivity index (χ1) is 10.0. The molecule has 1 heterocycles. The van der Waals surface area contributed by atoms with Gasteiger partial charge < -0.3 is 5.32 Å². The molecule has 2 rings (SSSR count). The zero-order chi connectivity index (χ0) is 15.4. The maximum atomic E-state index is 12.1. The molecule has 0 aromatic heterocycles. The van der Waals surface area contributed by atoms with Gasteiger partial charge in [-0.2, -0.15) is 0 Å². The SMILES string of the molecule is CCC1C(=O)NC(SCC(=O)c2ccc(Cl)cc2)NC1C. The molecule has 1 aliphatic rings. The van der Waals surface area contributed by atoms with E-state index in [1.165, 1.54) is 11.8 Å². The molecule has 0 radical (unpaired) electrons. The number of halogens is 1. The van der Waals surface area contributed by atoms with Crippen LogP contribution in [0, 0.1) is 5.92 Å². The van der Waals surface area contributed by atoms with Gasteiger partial charge in [0.25, 0.3) is 0 Å². The molecule has 1 aromatic carbocycles. The van der Waals surface area contributed by atoms with E-state index in [1.807, 2.05) is 13.8 Å². The Labute approximate surface area is 134 Å². The molecule has 1 saturated heterocycles. The second-order valence-corrected chi connectivity index (χ2v) is 6.63. The lowest BCUT2D eigenvalue weighted by molar-refractivity contribution is -0.128. The first-order valence-corrected chi connectivity index (χ1v) is 8.40. The quantitative estimate of drug-likeness (QED) is 0.817. The van der Waals surface area contributed by atoms with Crippen LogP contribution in [0.25, 0.3) is 0 Å². The van der Waals surface area contributed by atoms with Crippen LogP contribution in [0.4, 0.5) is 0 Å². The summed E-state index contributed by atoms with van der Waals surface area (Å²) in [5, 5.41) is 6.84. The summed E-state index contributed by atoms with van der Waals surface area (Å²) in [6, 6.07) is 6.95. The van der Waals surface area contributed by atoms with Crippen LogP contribution in [0.15, 0.2) is 24.3 Å². The molecule has 4 nitrogen and oxygen atoms in total. The summed E-state index contributed by atoms with van der Waals surface area (Å²) in [5.74, 6) is 0.385. The summed E-state index contributed by atoms with van der Waals surface area (Å²) < 4.78 is 0. The highest BCUT2D eigenvalue weighted by Gasteiger charge is 2.32. The van der Waals surface area contributed by atoms with Gasteiger partial charge in [0.1, 0.15) is 5.50 Å². The number of rotatable bonds is 5. The Morgan fingerprint density at radius 2 is 2.00 bits per heavy atom. The minimum Gasteiger partial charge on any atom is -0.331 e. The van der Waals surface area contributed by atoms with Crippen LogP contribution in [0.1, 0.15) is 30.6 Å². The van der Waals surface area contributed by atoms with Crippen LogP contribution in [-0.2, 0) is 4.79 Å². The summed E-state index contributed by atoms with van der Waals surface area (Å²) in [5.41, 5.74) is 0.417. The van der Waals surface area contributed by atoms with E-state index in [2.05, 4.69) is 10.6 Å². The standard InChI is InChI=1S/C15H19ClN2O2S/c1-3-12-9(2)17-15(18-14(12)20)21-8-13(19)10-4-6-11(16)7-5-10/h4-7,9,12,15,17H,3,8H2,1-2H3,(H,18,20). The van der Waals surface area contributed by atoms with Crippen LogP contribution in [-0.4, -0.2) is 29.0 Å². The van der Waals surface area contributed by atoms with Crippen molar-refractivity contribution < 1.29 is 9.59 Å². The Hall–Kier alpha value is -1.04. The minimum atomic E-state index is -0.216. The molecule has 6 heteroatoms. The molecule has 0 spiro atoms. The average molecular weight is 327 g/mol. The van der Waals surface area contributed by atoms with Crippen molar-refractivity contribution >= 4 is 35.1 Å². The number of nitrogens with one attached hydrogen (secondary N) is 2. The normalized spacial score (nSPS) is 25.5. The van der Waals surface area contributed by atoms with E-state index in [-0.39, 0.29) is 29.1 Å². The summed E-state index contributed by atoms with van der Waals surface area (Å²) >= 11 is 7.20. The Morgan fingerprint density at radius 3 is 2.57 bits per heavy atom. The van der Waals surface area contributed by atoms with Crippen LogP contribution in [0.2, 0.25) is 5.02 Å². The highest BCUT2D eigenvalue weighted by Crippen LogP contribution is 2.20. The predicted octanol–water partition coefficient (Wildman–Crippen LogP) is 2.67. The summed E-state index contributed by atoms with van der Waals surface area (Å²) in [7, 11) is 0.